The number of Topliss-reactive ketones (excluding diaryl/α,β-unsaturated/α-hetero) is 1. The number of anilines is 1. The van der Waals surface area contributed by atoms with E-state index in [1.807, 2.05) is 0 Å². The van der Waals surface area contributed by atoms with Gasteiger partial charge < -0.3 is 9.64 Å². The molecule has 1 saturated heterocycles. The van der Waals surface area contributed by atoms with Crippen molar-refractivity contribution in [3.63, 3.8) is 0 Å². The molecule has 0 radical (unpaired) electrons. The van der Waals surface area contributed by atoms with E-state index in [1.54, 1.807) is 6.07 Å². The zero-order valence-corrected chi connectivity index (χ0v) is 11.9. The summed E-state index contributed by atoms with van der Waals surface area (Å²) in [6.07, 6.45) is 2.84. The molecular formula is C16H20FNO2. The van der Waals surface area contributed by atoms with Crippen LogP contribution in [0.4, 0.5) is 10.1 Å². The lowest BCUT2D eigenvalue weighted by Gasteiger charge is -2.39. The number of halogens is 1. The SMILES string of the molecule is CC(=O)c1cc(F)ccc1N1C[C@@H](C)O[C@@H](C2CC2)C1. The number of ketones is 1. The van der Waals surface area contributed by atoms with Crippen molar-refractivity contribution < 1.29 is 13.9 Å². The summed E-state index contributed by atoms with van der Waals surface area (Å²) < 4.78 is 19.4. The third-order valence-corrected chi connectivity index (χ3v) is 4.11. The zero-order valence-electron chi connectivity index (χ0n) is 11.9. The number of morpholine rings is 1. The minimum absolute atomic E-state index is 0.0957. The number of nitrogens with zero attached hydrogens (tertiary/aromatic N) is 1. The fourth-order valence-electron chi connectivity index (χ4n) is 2.98. The Morgan fingerprint density at radius 1 is 1.35 bits per heavy atom. The van der Waals surface area contributed by atoms with Gasteiger partial charge in [-0.1, -0.05) is 0 Å². The normalized spacial score (nSPS) is 26.6. The van der Waals surface area contributed by atoms with Crippen molar-refractivity contribution in [2.24, 2.45) is 5.92 Å². The maximum atomic E-state index is 13.4. The number of hydrogen-bond donors (Lipinski definition) is 0. The van der Waals surface area contributed by atoms with Crippen LogP contribution in [0.3, 0.4) is 0 Å². The van der Waals surface area contributed by atoms with E-state index < -0.39 is 0 Å². The molecule has 0 unspecified atom stereocenters. The largest absolute Gasteiger partial charge is 0.371 e. The van der Waals surface area contributed by atoms with Gasteiger partial charge in [-0.25, -0.2) is 4.39 Å². The van der Waals surface area contributed by atoms with Crippen molar-refractivity contribution in [2.75, 3.05) is 18.0 Å². The highest BCUT2D eigenvalue weighted by Gasteiger charge is 2.37. The van der Waals surface area contributed by atoms with Crippen LogP contribution in [-0.2, 0) is 4.74 Å². The average Bonchev–Trinajstić information content (AvgIpc) is 3.22. The van der Waals surface area contributed by atoms with Gasteiger partial charge in [0, 0.05) is 24.3 Å². The molecule has 108 valence electrons. The topological polar surface area (TPSA) is 29.5 Å². The van der Waals surface area contributed by atoms with Crippen LogP contribution >= 0.6 is 0 Å². The van der Waals surface area contributed by atoms with Crippen molar-refractivity contribution in [2.45, 2.75) is 38.9 Å². The molecule has 2 atom stereocenters. The van der Waals surface area contributed by atoms with E-state index in [4.69, 9.17) is 4.74 Å². The number of carbonyl (C=O) groups is 1. The molecule has 0 spiro atoms. The molecule has 0 aromatic heterocycles. The molecule has 3 nitrogen and oxygen atoms in total. The van der Waals surface area contributed by atoms with Crippen molar-refractivity contribution in [1.29, 1.82) is 0 Å². The van der Waals surface area contributed by atoms with Crippen LogP contribution < -0.4 is 4.90 Å². The van der Waals surface area contributed by atoms with Gasteiger partial charge in [-0.15, -0.1) is 0 Å². The molecule has 20 heavy (non-hydrogen) atoms. The maximum Gasteiger partial charge on any atom is 0.161 e. The molecule has 1 aromatic rings. The summed E-state index contributed by atoms with van der Waals surface area (Å²) in [7, 11) is 0. The van der Waals surface area contributed by atoms with Crippen LogP contribution in [0.25, 0.3) is 0 Å². The second-order valence-electron chi connectivity index (χ2n) is 5.95. The number of hydrogen-bond acceptors (Lipinski definition) is 3. The molecule has 1 heterocycles. The minimum atomic E-state index is -0.362. The van der Waals surface area contributed by atoms with E-state index in [2.05, 4.69) is 11.8 Å². The Morgan fingerprint density at radius 3 is 2.75 bits per heavy atom. The van der Waals surface area contributed by atoms with E-state index in [9.17, 15) is 9.18 Å². The summed E-state index contributed by atoms with van der Waals surface area (Å²) in [6.45, 7) is 5.08. The fraction of sp³-hybridized carbons (Fsp3) is 0.562. The molecule has 0 bridgehead atoms. The van der Waals surface area contributed by atoms with Gasteiger partial charge in [0.15, 0.2) is 5.78 Å². The summed E-state index contributed by atoms with van der Waals surface area (Å²) in [5, 5.41) is 0. The van der Waals surface area contributed by atoms with Gasteiger partial charge in [0.25, 0.3) is 0 Å². The second kappa shape index (κ2) is 5.17. The van der Waals surface area contributed by atoms with Gasteiger partial charge in [0.1, 0.15) is 5.82 Å². The summed E-state index contributed by atoms with van der Waals surface area (Å²) in [6, 6.07) is 4.48. The van der Waals surface area contributed by atoms with E-state index >= 15 is 0 Å². The lowest BCUT2D eigenvalue weighted by Crippen LogP contribution is -2.48. The van der Waals surface area contributed by atoms with Crippen LogP contribution in [0.1, 0.15) is 37.0 Å². The molecule has 4 heteroatoms. The van der Waals surface area contributed by atoms with E-state index in [0.717, 1.165) is 18.8 Å². The Labute approximate surface area is 118 Å². The molecule has 2 fully saturated rings. The van der Waals surface area contributed by atoms with Gasteiger partial charge in [0.2, 0.25) is 0 Å². The third-order valence-electron chi connectivity index (χ3n) is 4.11. The lowest BCUT2D eigenvalue weighted by atomic mass is 10.1. The van der Waals surface area contributed by atoms with Crippen LogP contribution in [0.2, 0.25) is 0 Å². The number of benzene rings is 1. The fourth-order valence-corrected chi connectivity index (χ4v) is 2.98. The smallest absolute Gasteiger partial charge is 0.161 e. The predicted octanol–water partition coefficient (Wildman–Crippen LogP) is 3.03. The first-order valence-electron chi connectivity index (χ1n) is 7.25. The predicted molar refractivity (Wildman–Crippen MR) is 75.7 cm³/mol. The highest BCUT2D eigenvalue weighted by Crippen LogP contribution is 2.38. The average molecular weight is 277 g/mol. The van der Waals surface area contributed by atoms with Crippen molar-refractivity contribution in [1.82, 2.24) is 0 Å². The number of carbonyl (C=O) groups excluding carboxylic acids is 1. The minimum Gasteiger partial charge on any atom is -0.371 e. The Kier molecular flexibility index (Phi) is 3.50. The Morgan fingerprint density at radius 2 is 2.10 bits per heavy atom. The molecule has 1 saturated carbocycles. The summed E-state index contributed by atoms with van der Waals surface area (Å²) in [5.74, 6) is 0.196. The first-order valence-corrected chi connectivity index (χ1v) is 7.25. The molecule has 1 aliphatic carbocycles. The van der Waals surface area contributed by atoms with Gasteiger partial charge in [-0.2, -0.15) is 0 Å². The molecule has 2 aliphatic rings. The molecule has 0 N–H and O–H groups in total. The third kappa shape index (κ3) is 2.70. The van der Waals surface area contributed by atoms with Gasteiger partial charge in [0.05, 0.1) is 12.2 Å². The molecule has 3 rings (SSSR count). The summed E-state index contributed by atoms with van der Waals surface area (Å²) in [5.41, 5.74) is 1.30. The standard InChI is InChI=1S/C16H20FNO2/c1-10-8-18(9-16(20-10)12-3-4-12)15-6-5-13(17)7-14(15)11(2)19/h5-7,10,12,16H,3-4,8-9H2,1-2H3/t10-,16-/m1/s1. The van der Waals surface area contributed by atoms with E-state index in [0.29, 0.717) is 11.5 Å². The van der Waals surface area contributed by atoms with Gasteiger partial charge in [-0.05, 0) is 50.8 Å². The number of rotatable bonds is 3. The first-order chi connectivity index (χ1) is 9.54. The highest BCUT2D eigenvalue weighted by atomic mass is 19.1. The van der Waals surface area contributed by atoms with Crippen LogP contribution in [0.5, 0.6) is 0 Å². The molecule has 0 amide bonds. The van der Waals surface area contributed by atoms with Gasteiger partial charge in [-0.3, -0.25) is 4.79 Å². The monoisotopic (exact) mass is 277 g/mol. The maximum absolute atomic E-state index is 13.4. The molecular weight excluding hydrogens is 257 g/mol. The van der Waals surface area contributed by atoms with Crippen molar-refractivity contribution >= 4 is 11.5 Å². The first kappa shape index (κ1) is 13.6. The van der Waals surface area contributed by atoms with Gasteiger partial charge >= 0.3 is 0 Å². The Bertz CT molecular complexity index is 527. The van der Waals surface area contributed by atoms with Crippen LogP contribution in [0, 0.1) is 11.7 Å². The second-order valence-corrected chi connectivity index (χ2v) is 5.95. The zero-order chi connectivity index (χ0) is 14.3. The summed E-state index contributed by atoms with van der Waals surface area (Å²) >= 11 is 0. The lowest BCUT2D eigenvalue weighted by molar-refractivity contribution is -0.0271. The van der Waals surface area contributed by atoms with Crippen molar-refractivity contribution in [3.05, 3.63) is 29.6 Å². The highest BCUT2D eigenvalue weighted by molar-refractivity contribution is 5.99. The molecule has 1 aliphatic heterocycles. The molecule has 1 aromatic carbocycles. The quantitative estimate of drug-likeness (QED) is 0.795. The van der Waals surface area contributed by atoms with E-state index in [-0.39, 0.29) is 23.8 Å². The summed E-state index contributed by atoms with van der Waals surface area (Å²) in [4.78, 5) is 13.9. The van der Waals surface area contributed by atoms with Crippen LogP contribution in [-0.4, -0.2) is 31.1 Å². The Balaban J connectivity index is 1.89. The Hall–Kier alpha value is -1.42. The number of ether oxygens (including phenoxy) is 1. The van der Waals surface area contributed by atoms with Crippen LogP contribution in [0.15, 0.2) is 18.2 Å². The van der Waals surface area contributed by atoms with Crippen molar-refractivity contribution in [3.8, 4) is 0 Å². The van der Waals surface area contributed by atoms with E-state index in [1.165, 1.54) is 31.9 Å².